The number of likely N-dealkylation sites (tertiary alicyclic amines) is 1. The lowest BCUT2D eigenvalue weighted by molar-refractivity contribution is 0.0218. The van der Waals surface area contributed by atoms with Gasteiger partial charge in [0, 0.05) is 17.1 Å². The smallest absolute Gasteiger partial charge is 0.410 e. The quantitative estimate of drug-likeness (QED) is 0.554. The number of carbonyl (C=O) groups is 1. The van der Waals surface area contributed by atoms with Crippen LogP contribution in [0.5, 0.6) is 0 Å². The molecule has 3 rings (SSSR count). The molecule has 27 heavy (non-hydrogen) atoms. The number of aromatic amines is 1. The van der Waals surface area contributed by atoms with E-state index in [0.717, 1.165) is 34.5 Å². The van der Waals surface area contributed by atoms with Crippen molar-refractivity contribution in [2.24, 2.45) is 0 Å². The largest absolute Gasteiger partial charge is 0.444 e. The third-order valence-corrected chi connectivity index (χ3v) is 4.82. The molecule has 1 amide bonds. The van der Waals surface area contributed by atoms with Crippen LogP contribution in [0.2, 0.25) is 5.02 Å². The lowest BCUT2D eigenvalue weighted by atomic mass is 10.2. The Balaban J connectivity index is 0.00000126. The summed E-state index contributed by atoms with van der Waals surface area (Å²) in [5.74, 6) is 0.764. The molecule has 0 bridgehead atoms. The summed E-state index contributed by atoms with van der Waals surface area (Å²) in [4.78, 5) is 22.2. The van der Waals surface area contributed by atoms with Crippen LogP contribution >= 0.6 is 27.5 Å². The van der Waals surface area contributed by atoms with E-state index in [-0.39, 0.29) is 12.1 Å². The second-order valence-electron chi connectivity index (χ2n) is 7.12. The molecule has 1 aromatic carbocycles. The van der Waals surface area contributed by atoms with Gasteiger partial charge in [0.25, 0.3) is 0 Å². The second-order valence-corrected chi connectivity index (χ2v) is 8.35. The molecule has 1 saturated heterocycles. The van der Waals surface area contributed by atoms with Crippen molar-refractivity contribution in [2.75, 3.05) is 6.54 Å². The fraction of sp³-hybridized carbons (Fsp3) is 0.500. The molecule has 0 spiro atoms. The molecule has 0 saturated carbocycles. The average Bonchev–Trinajstić information content (AvgIpc) is 3.22. The van der Waals surface area contributed by atoms with Crippen molar-refractivity contribution < 1.29 is 9.53 Å². The Labute approximate surface area is 174 Å². The number of imidazole rings is 1. The molecule has 5 nitrogen and oxygen atoms in total. The van der Waals surface area contributed by atoms with Crippen molar-refractivity contribution in [2.45, 2.75) is 59.1 Å². The predicted octanol–water partition coefficient (Wildman–Crippen LogP) is 6.59. The fourth-order valence-corrected chi connectivity index (χ4v) is 3.56. The third-order valence-electron chi connectivity index (χ3n) is 3.99. The minimum absolute atomic E-state index is 0.104. The van der Waals surface area contributed by atoms with Crippen LogP contribution in [0.3, 0.4) is 0 Å². The van der Waals surface area contributed by atoms with E-state index in [1.807, 2.05) is 58.9 Å². The maximum absolute atomic E-state index is 12.5. The minimum atomic E-state index is -0.511. The van der Waals surface area contributed by atoms with Crippen LogP contribution in [0, 0.1) is 0 Å². The monoisotopic (exact) mass is 455 g/mol. The number of nitrogens with one attached hydrogen (secondary N) is 1. The van der Waals surface area contributed by atoms with E-state index < -0.39 is 5.60 Å². The van der Waals surface area contributed by atoms with Crippen molar-refractivity contribution >= 4 is 33.6 Å². The number of hydrogen-bond acceptors (Lipinski definition) is 3. The summed E-state index contributed by atoms with van der Waals surface area (Å²) in [5, 5.41) is 0.683. The molecule has 1 atom stereocenters. The average molecular weight is 457 g/mol. The number of ether oxygens (including phenoxy) is 1. The van der Waals surface area contributed by atoms with Gasteiger partial charge in [-0.15, -0.1) is 0 Å². The van der Waals surface area contributed by atoms with Crippen LogP contribution in [0.25, 0.3) is 11.3 Å². The summed E-state index contributed by atoms with van der Waals surface area (Å²) < 4.78 is 6.32. The van der Waals surface area contributed by atoms with Gasteiger partial charge in [-0.1, -0.05) is 37.6 Å². The minimum Gasteiger partial charge on any atom is -0.444 e. The molecule has 1 aliphatic heterocycles. The second kappa shape index (κ2) is 9.11. The Bertz CT molecular complexity index is 769. The first-order valence-electron chi connectivity index (χ1n) is 9.25. The first-order valence-corrected chi connectivity index (χ1v) is 10.4. The number of H-pyrrole nitrogens is 1. The lowest BCUT2D eigenvalue weighted by Gasteiger charge is -2.27. The van der Waals surface area contributed by atoms with Gasteiger partial charge in [-0.2, -0.15) is 0 Å². The van der Waals surface area contributed by atoms with Crippen molar-refractivity contribution in [3.05, 3.63) is 39.7 Å². The molecule has 2 heterocycles. The topological polar surface area (TPSA) is 58.2 Å². The highest BCUT2D eigenvalue weighted by Gasteiger charge is 2.35. The summed E-state index contributed by atoms with van der Waals surface area (Å²) in [5.41, 5.74) is 1.26. The molecule has 2 aromatic rings. The van der Waals surface area contributed by atoms with Crippen LogP contribution in [0.1, 0.15) is 59.3 Å². The van der Waals surface area contributed by atoms with E-state index in [2.05, 4.69) is 20.9 Å². The van der Waals surface area contributed by atoms with Gasteiger partial charge in [0.2, 0.25) is 0 Å². The van der Waals surface area contributed by atoms with Gasteiger partial charge in [0.05, 0.1) is 6.04 Å². The molecule has 148 valence electrons. The summed E-state index contributed by atoms with van der Waals surface area (Å²) in [6.45, 7) is 10.3. The summed E-state index contributed by atoms with van der Waals surface area (Å²) >= 11 is 9.50. The zero-order valence-electron chi connectivity index (χ0n) is 16.5. The normalized spacial score (nSPS) is 16.7. The number of aromatic nitrogens is 2. The van der Waals surface area contributed by atoms with Crippen LogP contribution in [0.15, 0.2) is 28.9 Å². The van der Waals surface area contributed by atoms with Crippen molar-refractivity contribution in [3.63, 3.8) is 0 Å². The number of hydrogen-bond donors (Lipinski definition) is 1. The Hall–Kier alpha value is -1.53. The van der Waals surface area contributed by atoms with Crippen molar-refractivity contribution in [3.8, 4) is 11.3 Å². The number of nitrogens with zero attached hydrogens (tertiary/aromatic N) is 2. The summed E-state index contributed by atoms with van der Waals surface area (Å²) in [6.07, 6.45) is 1.49. The molecule has 1 aliphatic rings. The van der Waals surface area contributed by atoms with Crippen LogP contribution in [-0.4, -0.2) is 33.1 Å². The zero-order valence-corrected chi connectivity index (χ0v) is 18.8. The van der Waals surface area contributed by atoms with Crippen LogP contribution in [0.4, 0.5) is 4.79 Å². The van der Waals surface area contributed by atoms with Gasteiger partial charge in [0.1, 0.15) is 21.7 Å². The molecule has 1 fully saturated rings. The lowest BCUT2D eigenvalue weighted by Crippen LogP contribution is -2.36. The number of benzene rings is 1. The number of rotatable bonds is 2. The van der Waals surface area contributed by atoms with E-state index in [4.69, 9.17) is 21.3 Å². The molecular formula is C20H27BrClN3O2. The van der Waals surface area contributed by atoms with Gasteiger partial charge in [-0.05, 0) is 61.7 Å². The maximum atomic E-state index is 12.5. The van der Waals surface area contributed by atoms with E-state index in [1.165, 1.54) is 0 Å². The first-order chi connectivity index (χ1) is 12.7. The predicted molar refractivity (Wildman–Crippen MR) is 113 cm³/mol. The van der Waals surface area contributed by atoms with Crippen LogP contribution < -0.4 is 0 Å². The van der Waals surface area contributed by atoms with Gasteiger partial charge >= 0.3 is 6.09 Å². The molecule has 0 radical (unpaired) electrons. The van der Waals surface area contributed by atoms with Gasteiger partial charge < -0.3 is 9.72 Å². The SMILES string of the molecule is CC.CC(C)(C)OC(=O)N1CCCC1c1nc(-c2ccc(Cl)cc2)c(Br)[nH]1. The highest BCUT2D eigenvalue weighted by molar-refractivity contribution is 9.10. The van der Waals surface area contributed by atoms with Crippen LogP contribution in [-0.2, 0) is 4.74 Å². The van der Waals surface area contributed by atoms with E-state index in [1.54, 1.807) is 4.90 Å². The fourth-order valence-electron chi connectivity index (χ4n) is 2.92. The van der Waals surface area contributed by atoms with E-state index >= 15 is 0 Å². The highest BCUT2D eigenvalue weighted by atomic mass is 79.9. The Morgan fingerprint density at radius 1 is 1.30 bits per heavy atom. The Kier molecular flexibility index (Phi) is 7.34. The number of halogens is 2. The molecule has 1 N–H and O–H groups in total. The zero-order chi connectivity index (χ0) is 20.2. The molecule has 7 heteroatoms. The molecule has 0 aliphatic carbocycles. The van der Waals surface area contributed by atoms with Gasteiger partial charge in [-0.3, -0.25) is 4.90 Å². The number of carbonyl (C=O) groups excluding carboxylic acids is 1. The summed E-state index contributed by atoms with van der Waals surface area (Å²) in [6, 6.07) is 7.41. The first kappa shape index (κ1) is 21.8. The van der Waals surface area contributed by atoms with Crippen molar-refractivity contribution in [1.82, 2.24) is 14.9 Å². The Morgan fingerprint density at radius 3 is 2.52 bits per heavy atom. The van der Waals surface area contributed by atoms with E-state index in [9.17, 15) is 4.79 Å². The molecule has 1 unspecified atom stereocenters. The standard InChI is InChI=1S/C18H21BrClN3O2.C2H6/c1-18(2,3)25-17(24)23-10-4-5-13(23)16-21-14(15(19)22-16)11-6-8-12(20)9-7-11;1-2/h6-9,13H,4-5,10H2,1-3H3,(H,21,22);1-2H3. The van der Waals surface area contributed by atoms with Crippen molar-refractivity contribution in [1.29, 1.82) is 0 Å². The highest BCUT2D eigenvalue weighted by Crippen LogP contribution is 2.35. The van der Waals surface area contributed by atoms with E-state index in [0.29, 0.717) is 11.6 Å². The number of amides is 1. The molecule has 1 aromatic heterocycles. The molecular weight excluding hydrogens is 430 g/mol. The Morgan fingerprint density at radius 2 is 1.93 bits per heavy atom. The third kappa shape index (κ3) is 5.48. The summed E-state index contributed by atoms with van der Waals surface area (Å²) in [7, 11) is 0. The van der Waals surface area contributed by atoms with Gasteiger partial charge in [-0.25, -0.2) is 9.78 Å². The maximum Gasteiger partial charge on any atom is 0.410 e. The van der Waals surface area contributed by atoms with Gasteiger partial charge in [0.15, 0.2) is 0 Å².